The normalized spacial score (nSPS) is 49.3. The maximum absolute atomic E-state index is 2.79. The fourth-order valence-electron chi connectivity index (χ4n) is 3.44. The number of fused-ring (bicyclic) bond motifs is 1. The van der Waals surface area contributed by atoms with Crippen LogP contribution in [0.5, 0.6) is 0 Å². The molecule has 0 bridgehead atoms. The van der Waals surface area contributed by atoms with Gasteiger partial charge in [0.25, 0.3) is 0 Å². The molecule has 3 aliphatic rings. The summed E-state index contributed by atoms with van der Waals surface area (Å²) in [6.45, 7) is 8.87. The number of hydrogen-bond acceptors (Lipinski definition) is 2. The fourth-order valence-corrected chi connectivity index (χ4v) is 3.44. The van der Waals surface area contributed by atoms with E-state index in [1.54, 1.807) is 0 Å². The van der Waals surface area contributed by atoms with Gasteiger partial charge in [-0.05, 0) is 38.6 Å². The summed E-state index contributed by atoms with van der Waals surface area (Å²) < 4.78 is 0. The van der Waals surface area contributed by atoms with E-state index in [0.717, 1.165) is 24.0 Å². The van der Waals surface area contributed by atoms with Crippen LogP contribution in [-0.2, 0) is 0 Å². The summed E-state index contributed by atoms with van der Waals surface area (Å²) in [6.07, 6.45) is 4.34. The van der Waals surface area contributed by atoms with Gasteiger partial charge in [-0.25, -0.2) is 0 Å². The van der Waals surface area contributed by atoms with Crippen molar-refractivity contribution in [1.29, 1.82) is 0 Å². The number of nitrogens with zero attached hydrogens (tertiary/aromatic N) is 2. The first-order valence-corrected chi connectivity index (χ1v) is 6.25. The molecule has 1 aliphatic carbocycles. The van der Waals surface area contributed by atoms with Crippen LogP contribution >= 0.6 is 0 Å². The first kappa shape index (κ1) is 9.17. The fraction of sp³-hybridized carbons (Fsp3) is 1.00. The van der Waals surface area contributed by atoms with E-state index in [9.17, 15) is 0 Å². The summed E-state index contributed by atoms with van der Waals surface area (Å²) in [7, 11) is 0. The molecule has 0 aromatic carbocycles. The van der Waals surface area contributed by atoms with Crippen LogP contribution in [0.15, 0.2) is 0 Å². The van der Waals surface area contributed by atoms with Crippen molar-refractivity contribution in [2.75, 3.05) is 19.6 Å². The first-order valence-electron chi connectivity index (χ1n) is 6.25. The average Bonchev–Trinajstić information content (AvgIpc) is 2.71. The predicted molar refractivity (Wildman–Crippen MR) is 58.3 cm³/mol. The van der Waals surface area contributed by atoms with Crippen molar-refractivity contribution in [3.63, 3.8) is 0 Å². The lowest BCUT2D eigenvalue weighted by Crippen LogP contribution is -2.55. The zero-order chi connectivity index (χ0) is 9.71. The lowest BCUT2D eigenvalue weighted by atomic mass is 10.1. The standard InChI is InChI=1S/C12H22N2/c1-9-6-12(9)14-8-11-4-3-5-13(11)7-10(14)2/h9-12H,3-8H2,1-2H3. The highest BCUT2D eigenvalue weighted by Crippen LogP contribution is 2.39. The molecule has 3 rings (SSSR count). The van der Waals surface area contributed by atoms with Gasteiger partial charge in [0.1, 0.15) is 0 Å². The Bertz CT molecular complexity index is 228. The van der Waals surface area contributed by atoms with Crippen molar-refractivity contribution in [3.05, 3.63) is 0 Å². The summed E-state index contributed by atoms with van der Waals surface area (Å²) in [4.78, 5) is 5.51. The highest BCUT2D eigenvalue weighted by molar-refractivity contribution is 5.00. The second kappa shape index (κ2) is 3.21. The first-order chi connectivity index (χ1) is 6.75. The van der Waals surface area contributed by atoms with Crippen molar-refractivity contribution < 1.29 is 0 Å². The van der Waals surface area contributed by atoms with Gasteiger partial charge in [-0.3, -0.25) is 9.80 Å². The molecule has 0 aromatic rings. The maximum Gasteiger partial charge on any atom is 0.0224 e. The Morgan fingerprint density at radius 2 is 1.93 bits per heavy atom. The predicted octanol–water partition coefficient (Wildman–Crippen LogP) is 1.56. The molecule has 80 valence electrons. The highest BCUT2D eigenvalue weighted by Gasteiger charge is 2.44. The minimum absolute atomic E-state index is 0.805. The number of rotatable bonds is 1. The molecule has 2 heteroatoms. The zero-order valence-electron chi connectivity index (χ0n) is 9.45. The van der Waals surface area contributed by atoms with Gasteiger partial charge >= 0.3 is 0 Å². The molecule has 1 saturated carbocycles. The molecule has 2 saturated heterocycles. The van der Waals surface area contributed by atoms with Crippen LogP contribution in [0.3, 0.4) is 0 Å². The molecular weight excluding hydrogens is 172 g/mol. The van der Waals surface area contributed by atoms with Gasteiger partial charge in [-0.15, -0.1) is 0 Å². The molecule has 0 amide bonds. The Morgan fingerprint density at radius 1 is 1.14 bits per heavy atom. The smallest absolute Gasteiger partial charge is 0.0224 e. The molecule has 0 spiro atoms. The Hall–Kier alpha value is -0.0800. The summed E-state index contributed by atoms with van der Waals surface area (Å²) in [5.74, 6) is 0.977. The SMILES string of the molecule is CC1CC1N1CC2CCCN2CC1C. The Labute approximate surface area is 87.3 Å². The van der Waals surface area contributed by atoms with Gasteiger partial charge in [0.15, 0.2) is 0 Å². The quantitative estimate of drug-likeness (QED) is 0.625. The zero-order valence-corrected chi connectivity index (χ0v) is 9.45. The van der Waals surface area contributed by atoms with Crippen LogP contribution in [0.4, 0.5) is 0 Å². The molecule has 0 N–H and O–H groups in total. The van der Waals surface area contributed by atoms with Crippen LogP contribution in [0, 0.1) is 5.92 Å². The van der Waals surface area contributed by atoms with Crippen molar-refractivity contribution in [2.45, 2.75) is 51.2 Å². The van der Waals surface area contributed by atoms with E-state index in [4.69, 9.17) is 0 Å². The molecule has 3 fully saturated rings. The Morgan fingerprint density at radius 3 is 2.64 bits per heavy atom. The van der Waals surface area contributed by atoms with E-state index in [1.165, 1.54) is 38.9 Å². The second-order valence-electron chi connectivity index (χ2n) is 5.62. The molecule has 4 unspecified atom stereocenters. The third-order valence-corrected chi connectivity index (χ3v) is 4.48. The summed E-state index contributed by atoms with van der Waals surface area (Å²) in [6, 6.07) is 2.64. The lowest BCUT2D eigenvalue weighted by Gasteiger charge is -2.42. The van der Waals surface area contributed by atoms with Gasteiger partial charge in [0.05, 0.1) is 0 Å². The Kier molecular flexibility index (Phi) is 2.10. The van der Waals surface area contributed by atoms with Crippen molar-refractivity contribution in [2.24, 2.45) is 5.92 Å². The summed E-state index contributed by atoms with van der Waals surface area (Å²) in [5.41, 5.74) is 0. The van der Waals surface area contributed by atoms with Crippen molar-refractivity contribution in [3.8, 4) is 0 Å². The molecule has 4 atom stereocenters. The number of piperazine rings is 1. The summed E-state index contributed by atoms with van der Waals surface area (Å²) >= 11 is 0. The monoisotopic (exact) mass is 194 g/mol. The Balaban J connectivity index is 1.68. The molecular formula is C12H22N2. The van der Waals surface area contributed by atoms with E-state index in [2.05, 4.69) is 23.6 Å². The van der Waals surface area contributed by atoms with Crippen molar-refractivity contribution >= 4 is 0 Å². The van der Waals surface area contributed by atoms with Crippen LogP contribution in [-0.4, -0.2) is 47.6 Å². The molecule has 0 radical (unpaired) electrons. The van der Waals surface area contributed by atoms with Gasteiger partial charge in [0.2, 0.25) is 0 Å². The van der Waals surface area contributed by atoms with Crippen LogP contribution in [0.25, 0.3) is 0 Å². The molecule has 2 heterocycles. The third-order valence-electron chi connectivity index (χ3n) is 4.48. The molecule has 2 nitrogen and oxygen atoms in total. The van der Waals surface area contributed by atoms with E-state index in [0.29, 0.717) is 0 Å². The molecule has 14 heavy (non-hydrogen) atoms. The minimum atomic E-state index is 0.805. The lowest BCUT2D eigenvalue weighted by molar-refractivity contribution is 0.0506. The van der Waals surface area contributed by atoms with Crippen LogP contribution < -0.4 is 0 Å². The van der Waals surface area contributed by atoms with Gasteiger partial charge < -0.3 is 0 Å². The van der Waals surface area contributed by atoms with Crippen LogP contribution in [0.2, 0.25) is 0 Å². The van der Waals surface area contributed by atoms with Gasteiger partial charge in [-0.2, -0.15) is 0 Å². The van der Waals surface area contributed by atoms with Gasteiger partial charge in [0, 0.05) is 31.2 Å². The van der Waals surface area contributed by atoms with E-state index >= 15 is 0 Å². The highest BCUT2D eigenvalue weighted by atomic mass is 15.3. The molecule has 2 aliphatic heterocycles. The number of hydrogen-bond donors (Lipinski definition) is 0. The van der Waals surface area contributed by atoms with E-state index in [1.807, 2.05) is 0 Å². The molecule has 0 aromatic heterocycles. The second-order valence-corrected chi connectivity index (χ2v) is 5.62. The summed E-state index contributed by atoms with van der Waals surface area (Å²) in [5, 5.41) is 0. The largest absolute Gasteiger partial charge is 0.298 e. The van der Waals surface area contributed by atoms with E-state index < -0.39 is 0 Å². The van der Waals surface area contributed by atoms with Crippen molar-refractivity contribution in [1.82, 2.24) is 9.80 Å². The topological polar surface area (TPSA) is 6.48 Å². The minimum Gasteiger partial charge on any atom is -0.298 e. The average molecular weight is 194 g/mol. The van der Waals surface area contributed by atoms with Gasteiger partial charge in [-0.1, -0.05) is 6.92 Å². The van der Waals surface area contributed by atoms with Crippen LogP contribution in [0.1, 0.15) is 33.1 Å². The third kappa shape index (κ3) is 1.40. The van der Waals surface area contributed by atoms with E-state index in [-0.39, 0.29) is 0 Å². The maximum atomic E-state index is 2.79.